The lowest BCUT2D eigenvalue weighted by Crippen LogP contribution is -2.21. The zero-order valence-electron chi connectivity index (χ0n) is 13.2. The lowest BCUT2D eigenvalue weighted by Gasteiger charge is -2.15. The molecule has 0 aliphatic rings. The fourth-order valence-corrected chi connectivity index (χ4v) is 2.32. The number of halogens is 2. The average Bonchev–Trinajstić information content (AvgIpc) is 2.48. The Bertz CT molecular complexity index is 720. The normalized spacial score (nSPS) is 10.3. The molecule has 0 saturated carbocycles. The van der Waals surface area contributed by atoms with Gasteiger partial charge in [0, 0.05) is 29.9 Å². The van der Waals surface area contributed by atoms with Crippen LogP contribution in [0.1, 0.15) is 5.56 Å². The number of nitrogens with one attached hydrogen (secondary N) is 1. The molecular weight excluding hydrogens is 363 g/mol. The fourth-order valence-electron chi connectivity index (χ4n) is 1.99. The lowest BCUT2D eigenvalue weighted by atomic mass is 10.1. The Kier molecular flexibility index (Phi) is 5.60. The number of ether oxygens (including phenoxy) is 1. The zero-order valence-corrected chi connectivity index (χ0v) is 14.8. The number of nitrogens with zero attached hydrogens (tertiary/aromatic N) is 1. The third kappa shape index (κ3) is 4.69. The van der Waals surface area contributed by atoms with Gasteiger partial charge in [-0.1, -0.05) is 15.9 Å². The molecule has 0 aliphatic heterocycles. The van der Waals surface area contributed by atoms with E-state index < -0.39 is 5.82 Å². The molecule has 2 aromatic carbocycles. The number of amides is 1. The third-order valence-electron chi connectivity index (χ3n) is 3.25. The first kappa shape index (κ1) is 17.3. The van der Waals surface area contributed by atoms with Crippen LogP contribution >= 0.6 is 15.9 Å². The van der Waals surface area contributed by atoms with Crippen molar-refractivity contribution in [2.45, 2.75) is 6.92 Å². The smallest absolute Gasteiger partial charge is 0.262 e. The first-order valence-corrected chi connectivity index (χ1v) is 7.82. The number of carbonyl (C=O) groups excluding carboxylic acids is 1. The molecule has 0 spiro atoms. The van der Waals surface area contributed by atoms with Gasteiger partial charge in [0.2, 0.25) is 0 Å². The second kappa shape index (κ2) is 7.46. The summed E-state index contributed by atoms with van der Waals surface area (Å²) in [5.41, 5.74) is 2.70. The minimum absolute atomic E-state index is 0.0445. The SMILES string of the molecule is Cc1cc(N(C)C)ccc1NC(=O)COc1ccc(Br)cc1F. The highest BCUT2D eigenvalue weighted by Gasteiger charge is 2.09. The van der Waals surface area contributed by atoms with E-state index in [1.165, 1.54) is 12.1 Å². The van der Waals surface area contributed by atoms with E-state index in [1.54, 1.807) is 6.07 Å². The summed E-state index contributed by atoms with van der Waals surface area (Å²) < 4.78 is 19.4. The van der Waals surface area contributed by atoms with Crippen LogP contribution in [0.3, 0.4) is 0 Å². The Hall–Kier alpha value is -2.08. The minimum atomic E-state index is -0.515. The Labute approximate surface area is 143 Å². The molecule has 0 unspecified atom stereocenters. The van der Waals surface area contributed by atoms with Crippen LogP contribution in [0, 0.1) is 12.7 Å². The van der Waals surface area contributed by atoms with E-state index in [-0.39, 0.29) is 18.3 Å². The van der Waals surface area contributed by atoms with Crippen molar-refractivity contribution in [2.75, 3.05) is 30.9 Å². The molecular formula is C17H18BrFN2O2. The first-order valence-electron chi connectivity index (χ1n) is 7.02. The molecule has 1 N–H and O–H groups in total. The Balaban J connectivity index is 1.97. The quantitative estimate of drug-likeness (QED) is 0.852. The van der Waals surface area contributed by atoms with Crippen molar-refractivity contribution in [3.05, 3.63) is 52.3 Å². The molecule has 2 rings (SSSR count). The molecule has 0 aliphatic carbocycles. The maximum absolute atomic E-state index is 13.6. The van der Waals surface area contributed by atoms with Gasteiger partial charge in [0.25, 0.3) is 5.91 Å². The van der Waals surface area contributed by atoms with Crippen molar-refractivity contribution >= 4 is 33.2 Å². The van der Waals surface area contributed by atoms with Crippen molar-refractivity contribution in [1.29, 1.82) is 0 Å². The third-order valence-corrected chi connectivity index (χ3v) is 3.75. The number of hydrogen-bond donors (Lipinski definition) is 1. The molecule has 0 bridgehead atoms. The molecule has 4 nitrogen and oxygen atoms in total. The molecule has 0 radical (unpaired) electrons. The molecule has 0 saturated heterocycles. The summed E-state index contributed by atoms with van der Waals surface area (Å²) in [5, 5.41) is 2.76. The average molecular weight is 381 g/mol. The zero-order chi connectivity index (χ0) is 17.0. The van der Waals surface area contributed by atoms with Crippen LogP contribution in [0.4, 0.5) is 15.8 Å². The van der Waals surface area contributed by atoms with Crippen molar-refractivity contribution in [3.8, 4) is 5.75 Å². The van der Waals surface area contributed by atoms with Crippen molar-refractivity contribution in [2.24, 2.45) is 0 Å². The Morgan fingerprint density at radius 3 is 2.61 bits per heavy atom. The largest absolute Gasteiger partial charge is 0.481 e. The number of aryl methyl sites for hydroxylation is 1. The van der Waals surface area contributed by atoms with Crippen molar-refractivity contribution in [1.82, 2.24) is 0 Å². The molecule has 122 valence electrons. The van der Waals surface area contributed by atoms with E-state index in [0.717, 1.165) is 11.3 Å². The van der Waals surface area contributed by atoms with Gasteiger partial charge in [-0.05, 0) is 48.9 Å². The van der Waals surface area contributed by atoms with E-state index in [4.69, 9.17) is 4.74 Å². The predicted octanol–water partition coefficient (Wildman–Crippen LogP) is 3.98. The Morgan fingerprint density at radius 1 is 1.26 bits per heavy atom. The molecule has 6 heteroatoms. The van der Waals surface area contributed by atoms with Gasteiger partial charge < -0.3 is 15.0 Å². The van der Waals surface area contributed by atoms with E-state index in [2.05, 4.69) is 21.2 Å². The van der Waals surface area contributed by atoms with Crippen molar-refractivity contribution in [3.63, 3.8) is 0 Å². The predicted molar refractivity (Wildman–Crippen MR) is 93.7 cm³/mol. The molecule has 1 amide bonds. The van der Waals surface area contributed by atoms with Crippen LogP contribution in [0.15, 0.2) is 40.9 Å². The molecule has 0 fully saturated rings. The lowest BCUT2D eigenvalue weighted by molar-refractivity contribution is -0.118. The molecule has 2 aromatic rings. The number of rotatable bonds is 5. The van der Waals surface area contributed by atoms with E-state index in [0.29, 0.717) is 10.2 Å². The van der Waals surface area contributed by atoms with E-state index in [9.17, 15) is 9.18 Å². The highest BCUT2D eigenvalue weighted by Crippen LogP contribution is 2.23. The van der Waals surface area contributed by atoms with Crippen LogP contribution < -0.4 is 15.0 Å². The van der Waals surface area contributed by atoms with Crippen LogP contribution in [0.25, 0.3) is 0 Å². The highest BCUT2D eigenvalue weighted by atomic mass is 79.9. The maximum Gasteiger partial charge on any atom is 0.262 e. The van der Waals surface area contributed by atoms with Gasteiger partial charge in [-0.15, -0.1) is 0 Å². The van der Waals surface area contributed by atoms with Crippen molar-refractivity contribution < 1.29 is 13.9 Å². The van der Waals surface area contributed by atoms with E-state index >= 15 is 0 Å². The van der Waals surface area contributed by atoms with Gasteiger partial charge in [0.15, 0.2) is 18.2 Å². The van der Waals surface area contributed by atoms with Gasteiger partial charge in [-0.3, -0.25) is 4.79 Å². The first-order chi connectivity index (χ1) is 10.9. The maximum atomic E-state index is 13.6. The summed E-state index contributed by atoms with van der Waals surface area (Å²) in [5.74, 6) is -0.810. The Morgan fingerprint density at radius 2 is 2.00 bits per heavy atom. The molecule has 0 heterocycles. The molecule has 0 atom stereocenters. The van der Waals surface area contributed by atoms with Gasteiger partial charge in [0.05, 0.1) is 0 Å². The number of anilines is 2. The van der Waals surface area contributed by atoms with E-state index in [1.807, 2.05) is 44.1 Å². The standard InChI is InChI=1S/C17H18BrFN2O2/c1-11-8-13(21(2)3)5-6-15(11)20-17(22)10-23-16-7-4-12(18)9-14(16)19/h4-9H,10H2,1-3H3,(H,20,22). The number of hydrogen-bond acceptors (Lipinski definition) is 3. The highest BCUT2D eigenvalue weighted by molar-refractivity contribution is 9.10. The second-order valence-corrected chi connectivity index (χ2v) is 6.22. The van der Waals surface area contributed by atoms with Crippen LogP contribution in [-0.4, -0.2) is 26.6 Å². The van der Waals surface area contributed by atoms with Crippen LogP contribution in [0.2, 0.25) is 0 Å². The fraction of sp³-hybridized carbons (Fsp3) is 0.235. The molecule has 0 aromatic heterocycles. The summed E-state index contributed by atoms with van der Waals surface area (Å²) in [6.07, 6.45) is 0. The summed E-state index contributed by atoms with van der Waals surface area (Å²) >= 11 is 3.17. The summed E-state index contributed by atoms with van der Waals surface area (Å²) in [4.78, 5) is 13.9. The van der Waals surface area contributed by atoms with Gasteiger partial charge >= 0.3 is 0 Å². The summed E-state index contributed by atoms with van der Waals surface area (Å²) in [6.45, 7) is 1.66. The summed E-state index contributed by atoms with van der Waals surface area (Å²) in [6, 6.07) is 10.1. The monoisotopic (exact) mass is 380 g/mol. The minimum Gasteiger partial charge on any atom is -0.481 e. The topological polar surface area (TPSA) is 41.6 Å². The summed E-state index contributed by atoms with van der Waals surface area (Å²) in [7, 11) is 3.90. The van der Waals surface area contributed by atoms with Gasteiger partial charge in [-0.2, -0.15) is 0 Å². The second-order valence-electron chi connectivity index (χ2n) is 5.31. The van der Waals surface area contributed by atoms with Gasteiger partial charge in [0.1, 0.15) is 0 Å². The van der Waals surface area contributed by atoms with Crippen LogP contribution in [0.5, 0.6) is 5.75 Å². The number of carbonyl (C=O) groups is 1. The van der Waals surface area contributed by atoms with Gasteiger partial charge in [-0.25, -0.2) is 4.39 Å². The van der Waals surface area contributed by atoms with Crippen LogP contribution in [-0.2, 0) is 4.79 Å². The molecule has 23 heavy (non-hydrogen) atoms. The number of benzene rings is 2.